The first-order chi connectivity index (χ1) is 12.2. The monoisotopic (exact) mass is 351 g/mol. The third kappa shape index (κ3) is 3.12. The van der Waals surface area contributed by atoms with Crippen molar-refractivity contribution in [2.75, 3.05) is 5.73 Å². The maximum Gasteiger partial charge on any atom is 0.292 e. The molecule has 25 heavy (non-hydrogen) atoms. The number of nitrogen functional groups attached to an aromatic ring is 1. The largest absolute Gasteiger partial charge is 0.432 e. The van der Waals surface area contributed by atoms with Crippen LogP contribution in [-0.4, -0.2) is 20.2 Å². The van der Waals surface area contributed by atoms with Gasteiger partial charge in [-0.1, -0.05) is 23.7 Å². The van der Waals surface area contributed by atoms with Crippen molar-refractivity contribution in [2.45, 2.75) is 6.42 Å². The zero-order valence-corrected chi connectivity index (χ0v) is 13.9. The van der Waals surface area contributed by atoms with Crippen LogP contribution in [0.1, 0.15) is 11.4 Å². The molecule has 0 aliphatic carbocycles. The summed E-state index contributed by atoms with van der Waals surface area (Å²) in [5.41, 5.74) is 11.0. The van der Waals surface area contributed by atoms with E-state index >= 15 is 0 Å². The smallest absolute Gasteiger partial charge is 0.292 e. The fourth-order valence-electron chi connectivity index (χ4n) is 2.74. The molecule has 0 aliphatic heterocycles. The maximum absolute atomic E-state index is 6.00. The lowest BCUT2D eigenvalue weighted by molar-refractivity contribution is 0.578. The zero-order chi connectivity index (χ0) is 17.2. The molecule has 0 bridgehead atoms. The minimum atomic E-state index is 0.151. The van der Waals surface area contributed by atoms with Crippen molar-refractivity contribution in [3.05, 3.63) is 71.5 Å². The van der Waals surface area contributed by atoms with E-state index in [1.807, 2.05) is 36.4 Å². The van der Waals surface area contributed by atoms with Crippen LogP contribution in [0.15, 0.2) is 59.5 Å². The van der Waals surface area contributed by atoms with E-state index in [9.17, 15) is 0 Å². The van der Waals surface area contributed by atoms with Gasteiger partial charge in [-0.15, -0.1) is 0 Å². The number of rotatable bonds is 4. The van der Waals surface area contributed by atoms with Crippen LogP contribution in [0.5, 0.6) is 0 Å². The molecule has 0 saturated carbocycles. The summed E-state index contributed by atoms with van der Waals surface area (Å²) in [4.78, 5) is 8.26. The van der Waals surface area contributed by atoms with E-state index in [0.717, 1.165) is 33.8 Å². The number of nitrogens with one attached hydrogen (secondary N) is 1. The molecular formula is C18H14ClN5O. The number of pyridine rings is 1. The van der Waals surface area contributed by atoms with Crippen molar-refractivity contribution in [3.8, 4) is 22.4 Å². The lowest BCUT2D eigenvalue weighted by Gasteiger charge is -2.06. The Labute approximate surface area is 148 Å². The van der Waals surface area contributed by atoms with Crippen molar-refractivity contribution in [2.24, 2.45) is 0 Å². The third-order valence-electron chi connectivity index (χ3n) is 3.86. The second-order valence-corrected chi connectivity index (χ2v) is 5.96. The lowest BCUT2D eigenvalue weighted by Crippen LogP contribution is -1.93. The average Bonchev–Trinajstić information content (AvgIpc) is 3.23. The number of nitrogens with zero attached hydrogens (tertiary/aromatic N) is 3. The number of anilines is 1. The van der Waals surface area contributed by atoms with Crippen LogP contribution < -0.4 is 5.73 Å². The highest BCUT2D eigenvalue weighted by atomic mass is 35.5. The first-order valence-corrected chi connectivity index (χ1v) is 8.02. The molecule has 4 aromatic rings. The van der Waals surface area contributed by atoms with Crippen LogP contribution >= 0.6 is 11.6 Å². The Bertz CT molecular complexity index is 992. The maximum atomic E-state index is 6.00. The van der Waals surface area contributed by atoms with Crippen molar-refractivity contribution < 1.29 is 4.42 Å². The summed E-state index contributed by atoms with van der Waals surface area (Å²) in [5.74, 6) is 0. The van der Waals surface area contributed by atoms with Crippen molar-refractivity contribution in [1.82, 2.24) is 20.2 Å². The van der Waals surface area contributed by atoms with E-state index in [0.29, 0.717) is 11.4 Å². The Morgan fingerprint density at radius 1 is 1.04 bits per heavy atom. The fourth-order valence-corrected chi connectivity index (χ4v) is 2.86. The van der Waals surface area contributed by atoms with Crippen molar-refractivity contribution in [3.63, 3.8) is 0 Å². The van der Waals surface area contributed by atoms with E-state index in [1.54, 1.807) is 18.7 Å². The van der Waals surface area contributed by atoms with Gasteiger partial charge in [0.1, 0.15) is 12.0 Å². The van der Waals surface area contributed by atoms with Gasteiger partial charge >= 0.3 is 0 Å². The Morgan fingerprint density at radius 3 is 2.48 bits per heavy atom. The first-order valence-electron chi connectivity index (χ1n) is 7.64. The van der Waals surface area contributed by atoms with Crippen LogP contribution in [0.2, 0.25) is 5.02 Å². The first kappa shape index (κ1) is 15.4. The number of hydrogen-bond acceptors (Lipinski definition) is 5. The Balaban J connectivity index is 1.83. The second-order valence-electron chi connectivity index (χ2n) is 5.52. The van der Waals surface area contributed by atoms with Crippen LogP contribution in [0.3, 0.4) is 0 Å². The standard InChI is InChI=1S/C18H14ClN5O/c19-13-3-1-12(2-4-13)17-16(11-5-7-21-8-6-11)15(23-24-17)9-14-10-25-18(20)22-14/h1-8,10H,9H2,(H2,20,22)(H,23,24). The van der Waals surface area contributed by atoms with Gasteiger partial charge in [0.05, 0.1) is 5.69 Å². The zero-order valence-electron chi connectivity index (χ0n) is 13.1. The van der Waals surface area contributed by atoms with Gasteiger partial charge in [0.25, 0.3) is 6.01 Å². The highest BCUT2D eigenvalue weighted by Gasteiger charge is 2.18. The molecule has 0 atom stereocenters. The average molecular weight is 352 g/mol. The quantitative estimate of drug-likeness (QED) is 0.580. The predicted octanol–water partition coefficient (Wildman–Crippen LogP) is 3.95. The molecule has 7 heteroatoms. The molecule has 1 aromatic carbocycles. The number of oxazole rings is 1. The molecule has 0 fully saturated rings. The van der Waals surface area contributed by atoms with Gasteiger partial charge in [-0.25, -0.2) is 0 Å². The molecule has 0 spiro atoms. The Hall–Kier alpha value is -3.12. The van der Waals surface area contributed by atoms with E-state index in [4.69, 9.17) is 21.8 Å². The van der Waals surface area contributed by atoms with Gasteiger partial charge in [-0.05, 0) is 29.8 Å². The van der Waals surface area contributed by atoms with E-state index in [1.165, 1.54) is 0 Å². The molecule has 0 amide bonds. The van der Waals surface area contributed by atoms with Crippen LogP contribution in [0.4, 0.5) is 6.01 Å². The topological polar surface area (TPSA) is 93.6 Å². The molecular weight excluding hydrogens is 338 g/mol. The molecule has 4 rings (SSSR count). The number of nitrogens with two attached hydrogens (primary N) is 1. The van der Waals surface area contributed by atoms with Crippen molar-refractivity contribution >= 4 is 17.6 Å². The van der Waals surface area contributed by atoms with E-state index < -0.39 is 0 Å². The number of H-pyrrole nitrogens is 1. The van der Waals surface area contributed by atoms with Gasteiger partial charge in [0.15, 0.2) is 0 Å². The number of aromatic nitrogens is 4. The summed E-state index contributed by atoms with van der Waals surface area (Å²) >= 11 is 6.00. The molecule has 3 N–H and O–H groups in total. The molecule has 124 valence electrons. The van der Waals surface area contributed by atoms with Crippen molar-refractivity contribution in [1.29, 1.82) is 0 Å². The number of benzene rings is 1. The molecule has 0 aliphatic rings. The summed E-state index contributed by atoms with van der Waals surface area (Å²) in [6.45, 7) is 0. The van der Waals surface area contributed by atoms with Crippen LogP contribution in [0, 0.1) is 0 Å². The summed E-state index contributed by atoms with van der Waals surface area (Å²) < 4.78 is 5.09. The van der Waals surface area contributed by atoms with E-state index in [-0.39, 0.29) is 6.01 Å². The molecule has 6 nitrogen and oxygen atoms in total. The summed E-state index contributed by atoms with van der Waals surface area (Å²) in [6, 6.07) is 11.6. The summed E-state index contributed by atoms with van der Waals surface area (Å²) in [5, 5.41) is 8.32. The Kier molecular flexibility index (Phi) is 3.95. The predicted molar refractivity (Wildman–Crippen MR) is 96.0 cm³/mol. The molecule has 3 aromatic heterocycles. The van der Waals surface area contributed by atoms with Gasteiger partial charge in [0, 0.05) is 40.7 Å². The Morgan fingerprint density at radius 2 is 1.80 bits per heavy atom. The van der Waals surface area contributed by atoms with Gasteiger partial charge in [0.2, 0.25) is 0 Å². The fraction of sp³-hybridized carbons (Fsp3) is 0.0556. The minimum absolute atomic E-state index is 0.151. The van der Waals surface area contributed by atoms with Crippen LogP contribution in [-0.2, 0) is 6.42 Å². The van der Waals surface area contributed by atoms with Crippen LogP contribution in [0.25, 0.3) is 22.4 Å². The molecule has 0 saturated heterocycles. The highest BCUT2D eigenvalue weighted by molar-refractivity contribution is 6.30. The highest BCUT2D eigenvalue weighted by Crippen LogP contribution is 2.34. The second kappa shape index (κ2) is 6.41. The van der Waals surface area contributed by atoms with Gasteiger partial charge in [-0.2, -0.15) is 10.1 Å². The molecule has 3 heterocycles. The SMILES string of the molecule is Nc1nc(Cc2[nH]nc(-c3ccc(Cl)cc3)c2-c2ccncc2)co1. The number of hydrogen-bond donors (Lipinski definition) is 2. The number of aromatic amines is 1. The third-order valence-corrected chi connectivity index (χ3v) is 4.11. The number of halogens is 1. The van der Waals surface area contributed by atoms with Gasteiger partial charge < -0.3 is 10.2 Å². The minimum Gasteiger partial charge on any atom is -0.432 e. The lowest BCUT2D eigenvalue weighted by atomic mass is 9.98. The summed E-state index contributed by atoms with van der Waals surface area (Å²) in [6.07, 6.45) is 5.59. The normalized spacial score (nSPS) is 10.9. The summed E-state index contributed by atoms with van der Waals surface area (Å²) in [7, 11) is 0. The molecule has 0 unspecified atom stereocenters. The molecule has 0 radical (unpaired) electrons. The van der Waals surface area contributed by atoms with E-state index in [2.05, 4.69) is 20.2 Å². The van der Waals surface area contributed by atoms with Gasteiger partial charge in [-0.3, -0.25) is 10.1 Å².